The molecule has 1 aromatic heterocycles. The van der Waals surface area contributed by atoms with Gasteiger partial charge in [-0.15, -0.1) is 5.10 Å². The van der Waals surface area contributed by atoms with Crippen molar-refractivity contribution in [1.29, 1.82) is 0 Å². The number of carbonyl (C=O) groups excluding carboxylic acids is 1. The lowest BCUT2D eigenvalue weighted by Gasteiger charge is -2.32. The first-order chi connectivity index (χ1) is 19.6. The van der Waals surface area contributed by atoms with Crippen LogP contribution in [0.2, 0.25) is 0 Å². The maximum Gasteiger partial charge on any atom is 0.278 e. The van der Waals surface area contributed by atoms with Crippen LogP contribution in [0, 0.1) is 6.92 Å². The standard InChI is InChI=1S/C31H44N6O4/c1-22-29(33-34-37(22)27-21-25(39-6)10-11-28(27)40-7)30(38)32-24-18-23(31(2,3)4)19-26(20-24)41-17-9-8-12-36-15-13-35(5)14-16-36/h10-11,18-21H,8-9,12-17H2,1-7H3,(H,32,38). The molecule has 2 heterocycles. The number of rotatable bonds is 11. The maximum atomic E-state index is 13.4. The molecule has 3 aromatic rings. The predicted octanol–water partition coefficient (Wildman–Crippen LogP) is 4.55. The number of amides is 1. The first kappa shape index (κ1) is 30.3. The fourth-order valence-electron chi connectivity index (χ4n) is 4.81. The van der Waals surface area contributed by atoms with Crippen molar-refractivity contribution in [2.45, 2.75) is 46.0 Å². The monoisotopic (exact) mass is 564 g/mol. The van der Waals surface area contributed by atoms with E-state index in [1.807, 2.05) is 12.1 Å². The highest BCUT2D eigenvalue weighted by molar-refractivity contribution is 6.03. The molecule has 0 atom stereocenters. The number of piperazine rings is 1. The molecule has 1 aliphatic rings. The Morgan fingerprint density at radius 1 is 0.976 bits per heavy atom. The van der Waals surface area contributed by atoms with Crippen LogP contribution in [0.4, 0.5) is 5.69 Å². The maximum absolute atomic E-state index is 13.4. The molecular weight excluding hydrogens is 520 g/mol. The Morgan fingerprint density at radius 3 is 2.41 bits per heavy atom. The normalized spacial score (nSPS) is 14.6. The Kier molecular flexibility index (Phi) is 9.88. The lowest BCUT2D eigenvalue weighted by molar-refractivity contribution is 0.102. The van der Waals surface area contributed by atoms with Gasteiger partial charge in [-0.25, -0.2) is 4.68 Å². The van der Waals surface area contributed by atoms with Gasteiger partial charge in [0.25, 0.3) is 5.91 Å². The third-order valence-electron chi connectivity index (χ3n) is 7.49. The molecule has 41 heavy (non-hydrogen) atoms. The second-order valence-corrected chi connectivity index (χ2v) is 11.6. The zero-order valence-corrected chi connectivity index (χ0v) is 25.5. The number of likely N-dealkylation sites (N-methyl/N-ethyl adjacent to an activating group) is 1. The Balaban J connectivity index is 1.44. The average molecular weight is 565 g/mol. The molecule has 1 aliphatic heterocycles. The topological polar surface area (TPSA) is 94.0 Å². The summed E-state index contributed by atoms with van der Waals surface area (Å²) in [6, 6.07) is 11.3. The first-order valence-corrected chi connectivity index (χ1v) is 14.2. The molecule has 10 nitrogen and oxygen atoms in total. The highest BCUT2D eigenvalue weighted by atomic mass is 16.5. The molecule has 0 radical (unpaired) electrons. The molecule has 1 fully saturated rings. The lowest BCUT2D eigenvalue weighted by Crippen LogP contribution is -2.44. The van der Waals surface area contributed by atoms with Gasteiger partial charge in [-0.2, -0.15) is 0 Å². The van der Waals surface area contributed by atoms with E-state index in [4.69, 9.17) is 14.2 Å². The molecule has 0 bridgehead atoms. The van der Waals surface area contributed by atoms with Crippen molar-refractivity contribution in [2.24, 2.45) is 0 Å². The van der Waals surface area contributed by atoms with Crippen LogP contribution in [-0.4, -0.2) is 91.3 Å². The summed E-state index contributed by atoms with van der Waals surface area (Å²) in [4.78, 5) is 18.3. The number of nitrogens with zero attached hydrogens (tertiary/aromatic N) is 5. The molecule has 222 valence electrons. The third kappa shape index (κ3) is 7.77. The van der Waals surface area contributed by atoms with E-state index in [0.717, 1.165) is 56.9 Å². The van der Waals surface area contributed by atoms with Gasteiger partial charge in [-0.05, 0) is 68.6 Å². The molecule has 4 rings (SSSR count). The minimum atomic E-state index is -0.347. The smallest absolute Gasteiger partial charge is 0.278 e. The van der Waals surface area contributed by atoms with Crippen molar-refractivity contribution in [3.63, 3.8) is 0 Å². The fraction of sp³-hybridized carbons (Fsp3) is 0.516. The highest BCUT2D eigenvalue weighted by Crippen LogP contribution is 2.31. The van der Waals surface area contributed by atoms with Gasteiger partial charge in [0, 0.05) is 44.0 Å². The summed E-state index contributed by atoms with van der Waals surface area (Å²) < 4.78 is 18.6. The molecule has 1 amide bonds. The van der Waals surface area contributed by atoms with Gasteiger partial charge in [0.1, 0.15) is 22.9 Å². The van der Waals surface area contributed by atoms with Crippen molar-refractivity contribution < 1.29 is 19.0 Å². The number of hydrogen-bond acceptors (Lipinski definition) is 8. The van der Waals surface area contributed by atoms with E-state index in [1.54, 1.807) is 44.0 Å². The summed E-state index contributed by atoms with van der Waals surface area (Å²) in [5, 5.41) is 11.4. The number of benzene rings is 2. The van der Waals surface area contributed by atoms with Crippen LogP contribution in [0.3, 0.4) is 0 Å². The largest absolute Gasteiger partial charge is 0.497 e. The van der Waals surface area contributed by atoms with Gasteiger partial charge in [0.15, 0.2) is 5.69 Å². The molecular formula is C31H44N6O4. The van der Waals surface area contributed by atoms with Crippen molar-refractivity contribution in [3.05, 3.63) is 53.3 Å². The molecule has 2 aromatic carbocycles. The lowest BCUT2D eigenvalue weighted by atomic mass is 9.86. The van der Waals surface area contributed by atoms with Crippen LogP contribution in [0.15, 0.2) is 36.4 Å². The van der Waals surface area contributed by atoms with E-state index in [2.05, 4.69) is 59.3 Å². The first-order valence-electron chi connectivity index (χ1n) is 14.2. The van der Waals surface area contributed by atoms with E-state index in [-0.39, 0.29) is 17.0 Å². The van der Waals surface area contributed by atoms with Gasteiger partial charge >= 0.3 is 0 Å². The Labute approximate surface area is 243 Å². The number of ether oxygens (including phenoxy) is 3. The Morgan fingerprint density at radius 2 is 1.73 bits per heavy atom. The molecule has 10 heteroatoms. The van der Waals surface area contributed by atoms with Gasteiger partial charge in [-0.1, -0.05) is 26.0 Å². The number of anilines is 1. The summed E-state index contributed by atoms with van der Waals surface area (Å²) in [6.45, 7) is 14.5. The zero-order valence-electron chi connectivity index (χ0n) is 25.5. The zero-order chi connectivity index (χ0) is 29.6. The van der Waals surface area contributed by atoms with E-state index in [1.165, 1.54) is 0 Å². The van der Waals surface area contributed by atoms with Crippen LogP contribution in [0.1, 0.15) is 55.4 Å². The number of unbranched alkanes of at least 4 members (excludes halogenated alkanes) is 1. The minimum Gasteiger partial charge on any atom is -0.497 e. The molecule has 0 spiro atoms. The Bertz CT molecular complexity index is 1320. The van der Waals surface area contributed by atoms with Gasteiger partial charge in [0.2, 0.25) is 0 Å². The van der Waals surface area contributed by atoms with E-state index in [0.29, 0.717) is 35.2 Å². The number of methoxy groups -OCH3 is 2. The molecule has 1 N–H and O–H groups in total. The summed E-state index contributed by atoms with van der Waals surface area (Å²) in [6.07, 6.45) is 2.07. The fourth-order valence-corrected chi connectivity index (χ4v) is 4.81. The van der Waals surface area contributed by atoms with Crippen molar-refractivity contribution >= 4 is 11.6 Å². The van der Waals surface area contributed by atoms with Crippen molar-refractivity contribution in [3.8, 4) is 22.9 Å². The van der Waals surface area contributed by atoms with E-state index < -0.39 is 0 Å². The second-order valence-electron chi connectivity index (χ2n) is 11.6. The Hall–Kier alpha value is -3.63. The quantitative estimate of drug-likeness (QED) is 0.339. The molecule has 0 unspecified atom stereocenters. The van der Waals surface area contributed by atoms with Gasteiger partial charge < -0.3 is 29.3 Å². The predicted molar refractivity (Wildman–Crippen MR) is 161 cm³/mol. The van der Waals surface area contributed by atoms with Crippen LogP contribution >= 0.6 is 0 Å². The van der Waals surface area contributed by atoms with Crippen LogP contribution < -0.4 is 19.5 Å². The summed E-state index contributed by atoms with van der Waals surface area (Å²) in [7, 11) is 5.36. The highest BCUT2D eigenvalue weighted by Gasteiger charge is 2.22. The van der Waals surface area contributed by atoms with Crippen LogP contribution in [0.5, 0.6) is 17.2 Å². The van der Waals surface area contributed by atoms with Crippen LogP contribution in [0.25, 0.3) is 5.69 Å². The van der Waals surface area contributed by atoms with Gasteiger partial charge in [0.05, 0.1) is 26.5 Å². The molecule has 0 saturated carbocycles. The SMILES string of the molecule is COc1ccc(OC)c(-n2nnc(C(=O)Nc3cc(OCCCCN4CCN(C)CC4)cc(C(C)(C)C)c3)c2C)c1. The third-order valence-corrected chi connectivity index (χ3v) is 7.49. The molecule has 1 saturated heterocycles. The second kappa shape index (κ2) is 13.4. The number of nitrogens with one attached hydrogen (secondary N) is 1. The minimum absolute atomic E-state index is 0.123. The number of aromatic nitrogens is 3. The summed E-state index contributed by atoms with van der Waals surface area (Å²) >= 11 is 0. The van der Waals surface area contributed by atoms with Crippen molar-refractivity contribution in [2.75, 3.05) is 65.9 Å². The molecule has 0 aliphatic carbocycles. The van der Waals surface area contributed by atoms with Crippen LogP contribution in [-0.2, 0) is 5.41 Å². The van der Waals surface area contributed by atoms with Crippen molar-refractivity contribution in [1.82, 2.24) is 24.8 Å². The van der Waals surface area contributed by atoms with E-state index >= 15 is 0 Å². The number of hydrogen-bond donors (Lipinski definition) is 1. The summed E-state index contributed by atoms with van der Waals surface area (Å²) in [5.74, 6) is 1.63. The number of carbonyl (C=O) groups is 1. The van der Waals surface area contributed by atoms with E-state index in [9.17, 15) is 4.79 Å². The summed E-state index contributed by atoms with van der Waals surface area (Å²) in [5.41, 5.74) is 3.05. The van der Waals surface area contributed by atoms with Gasteiger partial charge in [-0.3, -0.25) is 4.79 Å². The average Bonchev–Trinajstić information content (AvgIpc) is 3.34.